The van der Waals surface area contributed by atoms with Crippen molar-refractivity contribution in [1.82, 2.24) is 0 Å². The van der Waals surface area contributed by atoms with Gasteiger partial charge in [-0.3, -0.25) is 0 Å². The highest BCUT2D eigenvalue weighted by atomic mass is 79.9. The molecule has 0 aliphatic carbocycles. The van der Waals surface area contributed by atoms with Gasteiger partial charge in [0.1, 0.15) is 5.82 Å². The van der Waals surface area contributed by atoms with Crippen molar-refractivity contribution < 1.29 is 13.2 Å². The number of hydrogen-bond acceptors (Lipinski definition) is 0. The van der Waals surface area contributed by atoms with Crippen molar-refractivity contribution >= 4 is 29.2 Å². The lowest BCUT2D eigenvalue weighted by Gasteiger charge is -2.21. The normalized spacial score (nSPS) is 12.0. The second kappa shape index (κ2) is 4.53. The minimum Gasteiger partial charge on any atom is -0.206 e. The van der Waals surface area contributed by atoms with E-state index < -0.39 is 25.5 Å². The molecule has 0 saturated heterocycles. The van der Waals surface area contributed by atoms with Crippen LogP contribution in [0.25, 0.3) is 0 Å². The molecule has 0 spiro atoms. The van der Waals surface area contributed by atoms with Crippen LogP contribution in [-0.2, 0) is 6.42 Å². The smallest absolute Gasteiger partial charge is 0.163 e. The van der Waals surface area contributed by atoms with Gasteiger partial charge in [-0.2, -0.15) is 0 Å². The van der Waals surface area contributed by atoms with E-state index in [1.54, 1.807) is 26.6 Å². The summed E-state index contributed by atoms with van der Waals surface area (Å²) in [6.07, 6.45) is 0.256. The Labute approximate surface area is 103 Å². The predicted molar refractivity (Wildman–Crippen MR) is 66.4 cm³/mol. The molecular formula is C11H14BrF3Si. The molecule has 0 atom stereocenters. The van der Waals surface area contributed by atoms with Crippen LogP contribution < -0.4 is 5.19 Å². The number of hydrogen-bond donors (Lipinski definition) is 0. The molecule has 0 N–H and O–H groups in total. The molecule has 0 bridgehead atoms. The molecule has 0 saturated carbocycles. The second-order valence-electron chi connectivity index (χ2n) is 4.71. The summed E-state index contributed by atoms with van der Waals surface area (Å²) >= 11 is 3.01. The van der Waals surface area contributed by atoms with Crippen molar-refractivity contribution in [3.8, 4) is 0 Å². The van der Waals surface area contributed by atoms with E-state index in [0.29, 0.717) is 0 Å². The van der Waals surface area contributed by atoms with Crippen LogP contribution in [0.4, 0.5) is 13.2 Å². The largest absolute Gasteiger partial charge is 0.206 e. The lowest BCUT2D eigenvalue weighted by molar-refractivity contribution is 0.491. The fourth-order valence-electron chi connectivity index (χ4n) is 1.65. The zero-order valence-electron chi connectivity index (χ0n) is 9.72. The van der Waals surface area contributed by atoms with Crippen LogP contribution in [0.5, 0.6) is 0 Å². The Kier molecular flexibility index (Phi) is 3.90. The quantitative estimate of drug-likeness (QED) is 0.572. The maximum atomic E-state index is 14.0. The Morgan fingerprint density at radius 3 is 1.88 bits per heavy atom. The molecule has 0 aliphatic rings. The fraction of sp³-hybridized carbons (Fsp3) is 0.455. The molecule has 16 heavy (non-hydrogen) atoms. The molecule has 1 rings (SSSR count). The number of halogens is 4. The molecule has 0 amide bonds. The summed E-state index contributed by atoms with van der Waals surface area (Å²) in [5.41, 5.74) is 0.0667. The maximum absolute atomic E-state index is 14.0. The van der Waals surface area contributed by atoms with E-state index in [-0.39, 0.29) is 21.6 Å². The van der Waals surface area contributed by atoms with E-state index in [0.717, 1.165) is 0 Å². The van der Waals surface area contributed by atoms with Crippen LogP contribution in [0.1, 0.15) is 12.5 Å². The van der Waals surface area contributed by atoms with Crippen LogP contribution >= 0.6 is 15.9 Å². The predicted octanol–water partition coefficient (Wildman–Crippen LogP) is 3.97. The van der Waals surface area contributed by atoms with E-state index in [9.17, 15) is 13.2 Å². The van der Waals surface area contributed by atoms with Crippen molar-refractivity contribution in [3.63, 3.8) is 0 Å². The van der Waals surface area contributed by atoms with Gasteiger partial charge >= 0.3 is 0 Å². The van der Waals surface area contributed by atoms with Gasteiger partial charge in [0.2, 0.25) is 0 Å². The molecule has 1 aromatic rings. The second-order valence-corrected chi connectivity index (χ2v) is 10.5. The molecule has 5 heteroatoms. The number of rotatable bonds is 2. The summed E-state index contributed by atoms with van der Waals surface area (Å²) in [6, 6.07) is 0. The van der Waals surface area contributed by atoms with Gasteiger partial charge < -0.3 is 0 Å². The lowest BCUT2D eigenvalue weighted by atomic mass is 10.1. The van der Waals surface area contributed by atoms with Crippen LogP contribution in [0.3, 0.4) is 0 Å². The van der Waals surface area contributed by atoms with E-state index >= 15 is 0 Å². The van der Waals surface area contributed by atoms with E-state index in [2.05, 4.69) is 15.9 Å². The van der Waals surface area contributed by atoms with Gasteiger partial charge in [0, 0.05) is 10.8 Å². The molecule has 0 aliphatic heterocycles. The van der Waals surface area contributed by atoms with E-state index in [1.165, 1.54) is 0 Å². The Balaban J connectivity index is 3.67. The Morgan fingerprint density at radius 2 is 1.50 bits per heavy atom. The molecule has 0 radical (unpaired) electrons. The van der Waals surface area contributed by atoms with Crippen LogP contribution in [0.2, 0.25) is 19.6 Å². The molecule has 1 aromatic carbocycles. The summed E-state index contributed by atoms with van der Waals surface area (Å²) in [4.78, 5) is 0. The van der Waals surface area contributed by atoms with Crippen molar-refractivity contribution in [3.05, 3.63) is 27.5 Å². The summed E-state index contributed by atoms with van der Waals surface area (Å²) in [5.74, 6) is -2.58. The highest BCUT2D eigenvalue weighted by Gasteiger charge is 2.31. The molecule has 0 heterocycles. The van der Waals surface area contributed by atoms with E-state index in [1.807, 2.05) is 0 Å². The van der Waals surface area contributed by atoms with Gasteiger partial charge in [0.15, 0.2) is 11.6 Å². The highest BCUT2D eigenvalue weighted by molar-refractivity contribution is 9.10. The Hall–Kier alpha value is -0.293. The van der Waals surface area contributed by atoms with Crippen LogP contribution in [0.15, 0.2) is 4.47 Å². The minimum absolute atomic E-state index is 0.0614. The van der Waals surface area contributed by atoms with Crippen LogP contribution in [0, 0.1) is 17.5 Å². The maximum Gasteiger partial charge on any atom is 0.163 e. The Bertz CT molecular complexity index is 395. The van der Waals surface area contributed by atoms with Crippen molar-refractivity contribution in [2.75, 3.05) is 0 Å². The van der Waals surface area contributed by atoms with Gasteiger partial charge in [0.05, 0.1) is 12.5 Å². The molecular weight excluding hydrogens is 297 g/mol. The van der Waals surface area contributed by atoms with Crippen LogP contribution in [-0.4, -0.2) is 8.07 Å². The third-order valence-electron chi connectivity index (χ3n) is 2.46. The van der Waals surface area contributed by atoms with Crippen molar-refractivity contribution in [2.24, 2.45) is 0 Å². The van der Waals surface area contributed by atoms with Gasteiger partial charge in [-0.1, -0.05) is 26.6 Å². The first-order valence-electron chi connectivity index (χ1n) is 5.07. The molecule has 90 valence electrons. The van der Waals surface area contributed by atoms with Gasteiger partial charge in [-0.05, 0) is 22.4 Å². The third-order valence-corrected chi connectivity index (χ3v) is 5.22. The number of benzene rings is 1. The van der Waals surface area contributed by atoms with Crippen molar-refractivity contribution in [2.45, 2.75) is 33.0 Å². The average molecular weight is 311 g/mol. The lowest BCUT2D eigenvalue weighted by Crippen LogP contribution is -2.43. The zero-order chi connectivity index (χ0) is 12.7. The first kappa shape index (κ1) is 13.8. The first-order valence-corrected chi connectivity index (χ1v) is 9.36. The topological polar surface area (TPSA) is 0 Å². The Morgan fingerprint density at radius 1 is 1.00 bits per heavy atom. The monoisotopic (exact) mass is 310 g/mol. The summed E-state index contributed by atoms with van der Waals surface area (Å²) in [7, 11) is -2.24. The third kappa shape index (κ3) is 2.20. The van der Waals surface area contributed by atoms with Gasteiger partial charge in [-0.15, -0.1) is 0 Å². The SMILES string of the molecule is CCc1c(F)c(F)c([Si](C)(C)C)c(F)c1Br. The zero-order valence-corrected chi connectivity index (χ0v) is 12.3. The van der Waals surface area contributed by atoms with E-state index in [4.69, 9.17) is 0 Å². The summed E-state index contributed by atoms with van der Waals surface area (Å²) < 4.78 is 41.5. The molecule has 0 nitrogen and oxygen atoms in total. The first-order chi connectivity index (χ1) is 7.21. The van der Waals surface area contributed by atoms with Gasteiger partial charge in [-0.25, -0.2) is 13.2 Å². The van der Waals surface area contributed by atoms with Gasteiger partial charge in [0.25, 0.3) is 0 Å². The van der Waals surface area contributed by atoms with Crippen molar-refractivity contribution in [1.29, 1.82) is 0 Å². The summed E-state index contributed by atoms with van der Waals surface area (Å²) in [6.45, 7) is 7.01. The summed E-state index contributed by atoms with van der Waals surface area (Å²) in [5, 5.41) is -0.0749. The highest BCUT2D eigenvalue weighted by Crippen LogP contribution is 2.26. The standard InChI is InChI=1S/C11H14BrF3Si/c1-5-6-7(12)9(14)11(16(2,3)4)10(15)8(6)13/h5H2,1-4H3. The molecule has 0 aromatic heterocycles. The minimum atomic E-state index is -2.24. The molecule has 0 fully saturated rings. The fourth-order valence-corrected chi connectivity index (χ4v) is 4.03. The molecule has 0 unspecified atom stereocenters. The average Bonchev–Trinajstić information content (AvgIpc) is 2.14.